The van der Waals surface area contributed by atoms with E-state index in [4.69, 9.17) is 5.73 Å². The van der Waals surface area contributed by atoms with Gasteiger partial charge in [-0.2, -0.15) is 0 Å². The molecule has 9 heteroatoms. The number of aryl methyl sites for hydroxylation is 1. The highest BCUT2D eigenvalue weighted by atomic mass is 32.1. The van der Waals surface area contributed by atoms with Gasteiger partial charge >= 0.3 is 0 Å². The van der Waals surface area contributed by atoms with Crippen LogP contribution in [-0.2, 0) is 11.2 Å². The van der Waals surface area contributed by atoms with E-state index in [2.05, 4.69) is 10.6 Å². The van der Waals surface area contributed by atoms with Crippen LogP contribution in [0.1, 0.15) is 31.2 Å². The number of thiophene rings is 1. The molecule has 0 radical (unpaired) electrons. The van der Waals surface area contributed by atoms with Gasteiger partial charge in [0.2, 0.25) is 5.91 Å². The zero-order valence-corrected chi connectivity index (χ0v) is 18.0. The lowest BCUT2D eigenvalue weighted by atomic mass is 9.98. The van der Waals surface area contributed by atoms with Gasteiger partial charge in [-0.25, -0.2) is 8.78 Å². The second kappa shape index (κ2) is 10.1. The number of halogens is 2. The molecule has 1 heterocycles. The van der Waals surface area contributed by atoms with E-state index in [9.17, 15) is 23.2 Å². The number of nitrogens with one attached hydrogen (secondary N) is 2. The summed E-state index contributed by atoms with van der Waals surface area (Å²) in [4.78, 5) is 37.1. The van der Waals surface area contributed by atoms with Gasteiger partial charge < -0.3 is 16.4 Å². The van der Waals surface area contributed by atoms with Gasteiger partial charge in [0.1, 0.15) is 11.6 Å². The van der Waals surface area contributed by atoms with E-state index in [1.54, 1.807) is 25.1 Å². The number of carbonyl (C=O) groups is 3. The molecule has 0 saturated heterocycles. The second-order valence-electron chi connectivity index (χ2n) is 7.23. The minimum atomic E-state index is -0.670. The maximum Gasteiger partial charge on any atom is 0.261 e. The Morgan fingerprint density at radius 2 is 1.72 bits per heavy atom. The summed E-state index contributed by atoms with van der Waals surface area (Å²) in [6.07, 6.45) is 0.258. The number of hydrogen-bond donors (Lipinski definition) is 3. The van der Waals surface area contributed by atoms with E-state index < -0.39 is 29.5 Å². The van der Waals surface area contributed by atoms with Crippen molar-refractivity contribution in [1.29, 1.82) is 0 Å². The predicted molar refractivity (Wildman–Crippen MR) is 119 cm³/mol. The van der Waals surface area contributed by atoms with Crippen LogP contribution in [0.15, 0.2) is 54.6 Å². The van der Waals surface area contributed by atoms with Crippen molar-refractivity contribution in [2.45, 2.75) is 13.3 Å². The van der Waals surface area contributed by atoms with Crippen LogP contribution in [0.3, 0.4) is 0 Å². The van der Waals surface area contributed by atoms with Crippen LogP contribution < -0.4 is 16.4 Å². The van der Waals surface area contributed by atoms with Crippen molar-refractivity contribution in [3.05, 3.63) is 87.8 Å². The first-order valence-electron chi connectivity index (χ1n) is 9.72. The fourth-order valence-corrected chi connectivity index (χ4v) is 4.04. The van der Waals surface area contributed by atoms with E-state index in [1.807, 2.05) is 0 Å². The number of hydrogen-bond acceptors (Lipinski definition) is 4. The summed E-state index contributed by atoms with van der Waals surface area (Å²) in [5, 5.41) is 5.77. The third-order valence-corrected chi connectivity index (χ3v) is 5.91. The van der Waals surface area contributed by atoms with Gasteiger partial charge in [-0.15, -0.1) is 11.3 Å². The van der Waals surface area contributed by atoms with Crippen molar-refractivity contribution in [2.75, 3.05) is 11.9 Å². The van der Waals surface area contributed by atoms with Gasteiger partial charge in [0.15, 0.2) is 0 Å². The standard InChI is InChI=1S/C23H21F2N3O3S/c1-13-9-19(28-22(30)15-3-2-4-18(25)11-15)32-20(13)23(31)27-12-16(21(26)29)10-14-5-7-17(24)8-6-14/h2-9,11,16H,10,12H2,1H3,(H2,26,29)(H,27,31)(H,28,30). The molecule has 6 nitrogen and oxygen atoms in total. The minimum absolute atomic E-state index is 0.00781. The average Bonchev–Trinajstić information content (AvgIpc) is 3.12. The average molecular weight is 458 g/mol. The summed E-state index contributed by atoms with van der Waals surface area (Å²) in [6.45, 7) is 1.72. The third-order valence-electron chi connectivity index (χ3n) is 4.75. The minimum Gasteiger partial charge on any atom is -0.369 e. The lowest BCUT2D eigenvalue weighted by Gasteiger charge is -2.14. The molecule has 3 aromatic rings. The number of nitrogens with two attached hydrogens (primary N) is 1. The molecule has 2 aromatic carbocycles. The van der Waals surface area contributed by atoms with Crippen molar-refractivity contribution in [3.63, 3.8) is 0 Å². The Labute approximate surface area is 187 Å². The van der Waals surface area contributed by atoms with E-state index >= 15 is 0 Å². The number of benzene rings is 2. The molecule has 0 aliphatic carbocycles. The Morgan fingerprint density at radius 3 is 2.38 bits per heavy atom. The predicted octanol–water partition coefficient (Wildman–Crippen LogP) is 3.66. The third kappa shape index (κ3) is 5.98. The highest BCUT2D eigenvalue weighted by molar-refractivity contribution is 7.18. The summed E-state index contributed by atoms with van der Waals surface area (Å²) < 4.78 is 26.4. The summed E-state index contributed by atoms with van der Waals surface area (Å²) in [5.74, 6) is -3.07. The lowest BCUT2D eigenvalue weighted by Crippen LogP contribution is -2.37. The number of anilines is 1. The van der Waals surface area contributed by atoms with Crippen molar-refractivity contribution in [3.8, 4) is 0 Å². The van der Waals surface area contributed by atoms with Gasteiger partial charge in [0, 0.05) is 12.1 Å². The Balaban J connectivity index is 1.63. The monoisotopic (exact) mass is 457 g/mol. The van der Waals surface area contributed by atoms with Gasteiger partial charge in [-0.05, 0) is 60.9 Å². The molecule has 0 bridgehead atoms. The van der Waals surface area contributed by atoms with Crippen molar-refractivity contribution >= 4 is 34.1 Å². The molecule has 166 valence electrons. The molecular formula is C23H21F2N3O3S. The normalized spacial score (nSPS) is 11.6. The van der Waals surface area contributed by atoms with Crippen LogP contribution in [0, 0.1) is 24.5 Å². The zero-order chi connectivity index (χ0) is 23.3. The molecule has 3 rings (SSSR count). The quantitative estimate of drug-likeness (QED) is 0.481. The number of rotatable bonds is 8. The fraction of sp³-hybridized carbons (Fsp3) is 0.174. The summed E-state index contributed by atoms with van der Waals surface area (Å²) >= 11 is 1.06. The molecule has 32 heavy (non-hydrogen) atoms. The largest absolute Gasteiger partial charge is 0.369 e. The molecule has 0 fully saturated rings. The van der Waals surface area contributed by atoms with Crippen molar-refractivity contribution in [2.24, 2.45) is 11.7 Å². The molecule has 1 atom stereocenters. The molecule has 1 aromatic heterocycles. The Hall–Kier alpha value is -3.59. The lowest BCUT2D eigenvalue weighted by molar-refractivity contribution is -0.121. The van der Waals surface area contributed by atoms with Gasteiger partial charge in [-0.1, -0.05) is 18.2 Å². The maximum absolute atomic E-state index is 13.3. The van der Waals surface area contributed by atoms with Crippen LogP contribution in [0.25, 0.3) is 0 Å². The molecule has 3 amide bonds. The van der Waals surface area contributed by atoms with E-state index in [0.717, 1.165) is 23.0 Å². The molecule has 4 N–H and O–H groups in total. The zero-order valence-electron chi connectivity index (χ0n) is 17.2. The van der Waals surface area contributed by atoms with Crippen LogP contribution in [0.2, 0.25) is 0 Å². The summed E-state index contributed by atoms with van der Waals surface area (Å²) in [5.41, 5.74) is 6.97. The Bertz CT molecular complexity index is 1150. The number of primary amides is 1. The van der Waals surface area contributed by atoms with Crippen molar-refractivity contribution in [1.82, 2.24) is 5.32 Å². The van der Waals surface area contributed by atoms with Crippen LogP contribution in [0.5, 0.6) is 0 Å². The fourth-order valence-electron chi connectivity index (χ4n) is 3.06. The first kappa shape index (κ1) is 23.1. The molecule has 0 saturated carbocycles. The highest BCUT2D eigenvalue weighted by Gasteiger charge is 2.20. The van der Waals surface area contributed by atoms with E-state index in [-0.39, 0.29) is 24.3 Å². The van der Waals surface area contributed by atoms with Gasteiger partial charge in [-0.3, -0.25) is 14.4 Å². The Kier molecular flexibility index (Phi) is 7.32. The molecule has 1 unspecified atom stereocenters. The summed E-state index contributed by atoms with van der Waals surface area (Å²) in [6, 6.07) is 12.6. The smallest absolute Gasteiger partial charge is 0.261 e. The van der Waals surface area contributed by atoms with Crippen molar-refractivity contribution < 1.29 is 23.2 Å². The molecule has 0 aliphatic heterocycles. The second-order valence-corrected chi connectivity index (χ2v) is 8.28. The highest BCUT2D eigenvalue weighted by Crippen LogP contribution is 2.27. The van der Waals surface area contributed by atoms with Gasteiger partial charge in [0.05, 0.1) is 15.8 Å². The Morgan fingerprint density at radius 1 is 1.00 bits per heavy atom. The summed E-state index contributed by atoms with van der Waals surface area (Å²) in [7, 11) is 0. The van der Waals surface area contributed by atoms with E-state index in [0.29, 0.717) is 15.4 Å². The number of carbonyl (C=O) groups excluding carboxylic acids is 3. The molecular weight excluding hydrogens is 436 g/mol. The first-order valence-corrected chi connectivity index (χ1v) is 10.5. The number of amides is 3. The topological polar surface area (TPSA) is 101 Å². The van der Waals surface area contributed by atoms with Crippen LogP contribution >= 0.6 is 11.3 Å². The molecule has 0 spiro atoms. The first-order chi connectivity index (χ1) is 15.2. The van der Waals surface area contributed by atoms with Crippen LogP contribution in [-0.4, -0.2) is 24.3 Å². The van der Waals surface area contributed by atoms with Crippen LogP contribution in [0.4, 0.5) is 13.8 Å². The van der Waals surface area contributed by atoms with Gasteiger partial charge in [0.25, 0.3) is 11.8 Å². The SMILES string of the molecule is Cc1cc(NC(=O)c2cccc(F)c2)sc1C(=O)NCC(Cc1ccc(F)cc1)C(N)=O. The van der Waals surface area contributed by atoms with E-state index in [1.165, 1.54) is 30.3 Å². The maximum atomic E-state index is 13.3. The molecule has 0 aliphatic rings.